The van der Waals surface area contributed by atoms with Crippen molar-refractivity contribution in [1.29, 1.82) is 0 Å². The van der Waals surface area contributed by atoms with Crippen LogP contribution in [0, 0.1) is 18.8 Å². The molecule has 1 fully saturated rings. The molecule has 1 aliphatic heterocycles. The van der Waals surface area contributed by atoms with Gasteiger partial charge in [0.15, 0.2) is 0 Å². The van der Waals surface area contributed by atoms with Gasteiger partial charge in [-0.05, 0) is 24.6 Å². The highest BCUT2D eigenvalue weighted by atomic mass is 35.5. The summed E-state index contributed by atoms with van der Waals surface area (Å²) in [6.07, 6.45) is 0. The van der Waals surface area contributed by atoms with Gasteiger partial charge in [0.25, 0.3) is 0 Å². The fourth-order valence-electron chi connectivity index (χ4n) is 1.80. The average molecular weight is 282 g/mol. The number of hydrogen-bond donors (Lipinski definition) is 0. The van der Waals surface area contributed by atoms with Crippen molar-refractivity contribution >= 4 is 12.4 Å². The third kappa shape index (κ3) is 5.98. The van der Waals surface area contributed by atoms with Crippen molar-refractivity contribution in [2.75, 3.05) is 39.5 Å². The van der Waals surface area contributed by atoms with Crippen molar-refractivity contribution in [3.05, 3.63) is 29.8 Å². The minimum Gasteiger partial charge on any atom is -0.481 e. The Morgan fingerprint density at radius 2 is 2.05 bits per heavy atom. The van der Waals surface area contributed by atoms with Crippen molar-refractivity contribution in [3.63, 3.8) is 0 Å². The summed E-state index contributed by atoms with van der Waals surface area (Å²) in [6, 6.07) is 8.02. The molecular weight excluding hydrogens is 262 g/mol. The largest absolute Gasteiger partial charge is 0.481 e. The zero-order valence-electron chi connectivity index (χ0n) is 11.2. The number of halogens is 1. The zero-order chi connectivity index (χ0) is 12.6. The van der Waals surface area contributed by atoms with E-state index in [-0.39, 0.29) is 12.4 Å². The van der Waals surface area contributed by atoms with Crippen LogP contribution in [0.25, 0.3) is 0 Å². The Labute approximate surface area is 121 Å². The Morgan fingerprint density at radius 3 is 2.79 bits per heavy atom. The lowest BCUT2D eigenvalue weighted by Crippen LogP contribution is -2.36. The number of nitrogens with zero attached hydrogens (tertiary/aromatic N) is 1. The van der Waals surface area contributed by atoms with Crippen molar-refractivity contribution in [1.82, 2.24) is 4.90 Å². The van der Waals surface area contributed by atoms with Crippen LogP contribution >= 0.6 is 12.4 Å². The Kier molecular flexibility index (Phi) is 7.35. The van der Waals surface area contributed by atoms with E-state index in [0.717, 1.165) is 38.6 Å². The van der Waals surface area contributed by atoms with Crippen LogP contribution < -0.4 is 4.74 Å². The Hall–Kier alpha value is -1.21. The number of rotatable bonds is 3. The quantitative estimate of drug-likeness (QED) is 0.793. The maximum Gasteiger partial charge on any atom is 0.149 e. The molecule has 1 aliphatic rings. The first kappa shape index (κ1) is 15.8. The molecule has 0 amide bonds. The van der Waals surface area contributed by atoms with Gasteiger partial charge in [-0.2, -0.15) is 0 Å². The number of ether oxygens (including phenoxy) is 2. The summed E-state index contributed by atoms with van der Waals surface area (Å²) in [5.74, 6) is 7.07. The summed E-state index contributed by atoms with van der Waals surface area (Å²) in [5.41, 5.74) is 1.20. The van der Waals surface area contributed by atoms with E-state index in [1.165, 1.54) is 5.56 Å². The van der Waals surface area contributed by atoms with Crippen LogP contribution in [-0.2, 0) is 4.74 Å². The molecule has 0 N–H and O–H groups in total. The highest BCUT2D eigenvalue weighted by molar-refractivity contribution is 5.85. The molecule has 0 bridgehead atoms. The highest BCUT2D eigenvalue weighted by Gasteiger charge is 2.07. The van der Waals surface area contributed by atoms with Gasteiger partial charge in [-0.25, -0.2) is 0 Å². The van der Waals surface area contributed by atoms with Crippen molar-refractivity contribution < 1.29 is 9.47 Å². The zero-order valence-corrected chi connectivity index (χ0v) is 12.0. The van der Waals surface area contributed by atoms with E-state index < -0.39 is 0 Å². The molecule has 4 heteroatoms. The molecule has 0 radical (unpaired) electrons. The molecule has 2 rings (SSSR count). The van der Waals surface area contributed by atoms with Gasteiger partial charge < -0.3 is 9.47 Å². The summed E-state index contributed by atoms with van der Waals surface area (Å²) < 4.78 is 10.8. The van der Waals surface area contributed by atoms with E-state index in [1.54, 1.807) is 0 Å². The number of aryl methyl sites for hydroxylation is 1. The van der Waals surface area contributed by atoms with E-state index in [1.807, 2.05) is 18.2 Å². The topological polar surface area (TPSA) is 21.7 Å². The monoisotopic (exact) mass is 281 g/mol. The molecule has 0 unspecified atom stereocenters. The second-order valence-electron chi connectivity index (χ2n) is 4.35. The van der Waals surface area contributed by atoms with E-state index >= 15 is 0 Å². The molecule has 1 heterocycles. The molecule has 0 aromatic heterocycles. The third-order valence-corrected chi connectivity index (χ3v) is 2.83. The summed E-state index contributed by atoms with van der Waals surface area (Å²) in [6.45, 7) is 6.91. The summed E-state index contributed by atoms with van der Waals surface area (Å²) in [5, 5.41) is 0. The normalized spacial score (nSPS) is 15.0. The van der Waals surface area contributed by atoms with Crippen LogP contribution in [0.15, 0.2) is 24.3 Å². The minimum absolute atomic E-state index is 0. The van der Waals surface area contributed by atoms with Gasteiger partial charge in [0, 0.05) is 13.1 Å². The molecule has 0 spiro atoms. The average Bonchev–Trinajstić information content (AvgIpc) is 2.40. The lowest BCUT2D eigenvalue weighted by Gasteiger charge is -2.24. The van der Waals surface area contributed by atoms with Gasteiger partial charge >= 0.3 is 0 Å². The second-order valence-corrected chi connectivity index (χ2v) is 4.35. The first-order valence-corrected chi connectivity index (χ1v) is 6.30. The molecule has 0 aliphatic carbocycles. The number of benzene rings is 1. The lowest BCUT2D eigenvalue weighted by atomic mass is 10.2. The van der Waals surface area contributed by atoms with E-state index in [4.69, 9.17) is 9.47 Å². The molecule has 0 atom stereocenters. The number of morpholine rings is 1. The van der Waals surface area contributed by atoms with Gasteiger partial charge in [0.05, 0.1) is 19.8 Å². The van der Waals surface area contributed by atoms with Gasteiger partial charge in [0.2, 0.25) is 0 Å². The van der Waals surface area contributed by atoms with Crippen LogP contribution in [-0.4, -0.2) is 44.4 Å². The predicted molar refractivity (Wildman–Crippen MR) is 79.0 cm³/mol. The van der Waals surface area contributed by atoms with Crippen LogP contribution in [0.1, 0.15) is 5.56 Å². The van der Waals surface area contributed by atoms with Crippen LogP contribution in [0.2, 0.25) is 0 Å². The van der Waals surface area contributed by atoms with E-state index in [9.17, 15) is 0 Å². The SMILES string of the molecule is Cc1cccc(OCC#CCN2CCOCC2)c1.Cl. The smallest absolute Gasteiger partial charge is 0.149 e. The Morgan fingerprint density at radius 1 is 1.26 bits per heavy atom. The van der Waals surface area contributed by atoms with E-state index in [2.05, 4.69) is 29.7 Å². The molecule has 0 saturated carbocycles. The standard InChI is InChI=1S/C15H19NO2.ClH/c1-14-5-4-6-15(13-14)18-10-3-2-7-16-8-11-17-12-9-16;/h4-6,13H,7-12H2,1H3;1H. The molecule has 1 aromatic carbocycles. The van der Waals surface area contributed by atoms with Crippen LogP contribution in [0.5, 0.6) is 5.75 Å². The fourth-order valence-corrected chi connectivity index (χ4v) is 1.80. The Bertz CT molecular complexity index is 433. The molecule has 1 aromatic rings. The first-order chi connectivity index (χ1) is 8.84. The molecule has 1 saturated heterocycles. The fraction of sp³-hybridized carbons (Fsp3) is 0.467. The highest BCUT2D eigenvalue weighted by Crippen LogP contribution is 2.11. The molecular formula is C15H20ClNO2. The predicted octanol–water partition coefficient (Wildman–Crippen LogP) is 2.13. The maximum atomic E-state index is 5.56. The van der Waals surface area contributed by atoms with Crippen LogP contribution in [0.4, 0.5) is 0 Å². The van der Waals surface area contributed by atoms with Gasteiger partial charge in [-0.15, -0.1) is 12.4 Å². The number of hydrogen-bond acceptors (Lipinski definition) is 3. The van der Waals surface area contributed by atoms with Crippen molar-refractivity contribution in [2.45, 2.75) is 6.92 Å². The van der Waals surface area contributed by atoms with Gasteiger partial charge in [0.1, 0.15) is 12.4 Å². The third-order valence-electron chi connectivity index (χ3n) is 2.83. The van der Waals surface area contributed by atoms with Crippen molar-refractivity contribution in [3.8, 4) is 17.6 Å². The van der Waals surface area contributed by atoms with Crippen molar-refractivity contribution in [2.24, 2.45) is 0 Å². The lowest BCUT2D eigenvalue weighted by molar-refractivity contribution is 0.0443. The molecule has 104 valence electrons. The van der Waals surface area contributed by atoms with Gasteiger partial charge in [-0.1, -0.05) is 24.0 Å². The molecule has 3 nitrogen and oxygen atoms in total. The minimum atomic E-state index is 0. The van der Waals surface area contributed by atoms with E-state index in [0.29, 0.717) is 6.61 Å². The Balaban J connectivity index is 0.00000180. The maximum absolute atomic E-state index is 5.56. The van der Waals surface area contributed by atoms with Crippen LogP contribution in [0.3, 0.4) is 0 Å². The second kappa shape index (κ2) is 8.82. The first-order valence-electron chi connectivity index (χ1n) is 6.30. The summed E-state index contributed by atoms with van der Waals surface area (Å²) >= 11 is 0. The van der Waals surface area contributed by atoms with Gasteiger partial charge in [-0.3, -0.25) is 4.90 Å². The molecule has 19 heavy (non-hydrogen) atoms. The summed E-state index contributed by atoms with van der Waals surface area (Å²) in [4.78, 5) is 2.29. The summed E-state index contributed by atoms with van der Waals surface area (Å²) in [7, 11) is 0.